The number of nitrogens with two attached hydrogens (primary N) is 8. The molecule has 0 fully saturated rings. The number of carbonyl (C=O) groups is 17. The number of carboxylic acid groups (broad SMARTS) is 1. The van der Waals surface area contributed by atoms with E-state index in [1.807, 2.05) is 0 Å². The molecule has 0 unspecified atom stereocenters. The van der Waals surface area contributed by atoms with Gasteiger partial charge in [-0.3, -0.25) is 86.7 Å². The van der Waals surface area contributed by atoms with E-state index in [-0.39, 0.29) is 108 Å². The average Bonchev–Trinajstić information content (AvgIpc) is 0.851. The van der Waals surface area contributed by atoms with Gasteiger partial charge in [0.25, 0.3) is 0 Å². The highest BCUT2D eigenvalue weighted by molar-refractivity contribution is 6.00. The molecule has 0 bridgehead atoms. The van der Waals surface area contributed by atoms with Crippen molar-refractivity contribution >= 4 is 112 Å². The van der Waals surface area contributed by atoms with Gasteiger partial charge in [0.2, 0.25) is 94.5 Å². The van der Waals surface area contributed by atoms with Crippen LogP contribution in [0.2, 0.25) is 0 Å². The Morgan fingerprint density at radius 3 is 1.14 bits per heavy atom. The van der Waals surface area contributed by atoms with Crippen molar-refractivity contribution in [2.45, 2.75) is 247 Å². The Hall–Kier alpha value is -11.8. The van der Waals surface area contributed by atoms with Crippen molar-refractivity contribution < 1.29 is 112 Å². The van der Waals surface area contributed by atoms with Crippen molar-refractivity contribution in [2.24, 2.45) is 55.9 Å². The predicted molar refractivity (Wildman–Crippen MR) is 440 cm³/mol. The lowest BCUT2D eigenvalue weighted by molar-refractivity contribution is -0.142. The van der Waals surface area contributed by atoms with Crippen molar-refractivity contribution in [2.75, 3.05) is 59.5 Å². The molecule has 0 heterocycles. The van der Waals surface area contributed by atoms with Crippen LogP contribution in [-0.2, 0) is 87.9 Å². The van der Waals surface area contributed by atoms with Gasteiger partial charge in [-0.1, -0.05) is 12.1 Å². The van der Waals surface area contributed by atoms with Crippen LogP contribution < -0.4 is 131 Å². The van der Waals surface area contributed by atoms with E-state index in [2.05, 4.69) is 95.1 Å². The first-order valence-corrected chi connectivity index (χ1v) is 39.8. The molecule has 1 rings (SSSR count). The van der Waals surface area contributed by atoms with Crippen LogP contribution in [0.1, 0.15) is 143 Å². The van der Waals surface area contributed by atoms with Crippen molar-refractivity contribution in [1.82, 2.24) is 85.1 Å². The highest BCUT2D eigenvalue weighted by atomic mass is 16.4. The third-order valence-corrected chi connectivity index (χ3v) is 18.2. The number of aromatic hydroxyl groups is 1. The summed E-state index contributed by atoms with van der Waals surface area (Å²) in [5.41, 5.74) is 44.8. The number of aliphatic hydroxyl groups excluding tert-OH is 4. The summed E-state index contributed by atoms with van der Waals surface area (Å²) in [5.74, 6) is -18.7. The predicted octanol–water partition coefficient (Wildman–Crippen LogP) is -12.9. The Morgan fingerprint density at radius 1 is 0.385 bits per heavy atom. The Bertz CT molecular complexity index is 3660. The zero-order valence-electron chi connectivity index (χ0n) is 69.7. The molecule has 49 nitrogen and oxygen atoms in total. The molecule has 16 amide bonds. The second-order valence-electron chi connectivity index (χ2n) is 28.9. The summed E-state index contributed by atoms with van der Waals surface area (Å²) in [6.07, 6.45) is -5.15. The number of phenols is 1. The summed E-state index contributed by atoms with van der Waals surface area (Å²) in [6.45, 7) is 4.93. The standard InChI is InChI=1S/C73H128N26O23/c1-36(76)58(108)90-48(20-15-31-84-73(80)81)65(115)99-57(41(6)103)70(120)94-46(17-9-12-28-75)62(112)93-49(25-26-52(77)105)66(116)98-56(40(5)102)69(119)88-38(3)59(109)91-47(19-14-30-83-72(78)79)63(113)92-45(18-10-13-29-82-7)64(114)96-51(35-100)67(117)97-55(39(4)101)68(118)86-33-53(106)85-34-54(107)89-44(16-8-11-27-74)61(111)87-37(2)60(110)95-50(71(121)122)32-42-21-23-43(104)24-22-42/h21-24,36-41,44-51,55-57,82,100-104H,8-20,25-35,74-76H2,1-7H3,(H2,77,105)(H,85,106)(H,86,118)(H,87,111)(H,88,119)(H,89,107)(H,90,108)(H,91,109)(H,92,113)(H,93,112)(H,94,120)(H,95,110)(H,96,114)(H,97,117)(H,98,116)(H,99,115)(H,121,122)(H4,78,79,83)(H4,80,81,84)/t36-,37-,38-,39+,40+,41+,44-,45-,46-,47-,48-,49-,50-,51-,55-,56-,57-/m0/s1. The van der Waals surface area contributed by atoms with Gasteiger partial charge in [0.15, 0.2) is 11.9 Å². The van der Waals surface area contributed by atoms with Gasteiger partial charge in [-0.25, -0.2) is 4.79 Å². The van der Waals surface area contributed by atoms with E-state index in [9.17, 15) is 112 Å². The molecule has 49 heteroatoms. The minimum atomic E-state index is -1.95. The molecule has 688 valence electrons. The Balaban J connectivity index is 3.39. The summed E-state index contributed by atoms with van der Waals surface area (Å²) in [5, 5.41) is 100. The van der Waals surface area contributed by atoms with Crippen LogP contribution >= 0.6 is 0 Å². The summed E-state index contributed by atoms with van der Waals surface area (Å²) >= 11 is 0. The first kappa shape index (κ1) is 108. The fraction of sp³-hybridized carbons (Fsp3) is 0.658. The van der Waals surface area contributed by atoms with Gasteiger partial charge in [0.1, 0.15) is 84.3 Å². The number of aliphatic imine (C=N–C) groups is 2. The van der Waals surface area contributed by atoms with E-state index >= 15 is 0 Å². The molecular formula is C73H128N26O23. The van der Waals surface area contributed by atoms with Crippen LogP contribution in [0.25, 0.3) is 0 Å². The lowest BCUT2D eigenvalue weighted by Gasteiger charge is -2.29. The van der Waals surface area contributed by atoms with Gasteiger partial charge in [-0.05, 0) is 176 Å². The van der Waals surface area contributed by atoms with Crippen molar-refractivity contribution in [1.29, 1.82) is 0 Å². The number of carboxylic acids is 1. The summed E-state index contributed by atoms with van der Waals surface area (Å²) in [6, 6.07) is -16.5. The SMILES string of the molecule is CNCCCC[C@H](NC(=O)[C@H](CCCN=C(N)N)NC(=O)[C@H](C)NC(=O)[C@@H](NC(=O)[C@H](CCC(N)=O)NC(=O)[C@H](CCCCN)NC(=O)[C@@H](NC(=O)[C@H](CCCN=C(N)N)NC(=O)[C@H](C)N)[C@@H](C)O)[C@@H](C)O)C(=O)N[C@@H](CO)C(=O)N[C@H](C(=O)NCC(=O)NCC(=O)N[C@@H](CCCCN)C(=O)N[C@@H](C)C(=O)N[C@@H](Cc1ccc(O)cc1)C(=O)O)[C@@H](C)O. The van der Waals surface area contributed by atoms with E-state index in [0.29, 0.717) is 37.8 Å². The highest BCUT2D eigenvalue weighted by Crippen LogP contribution is 2.14. The van der Waals surface area contributed by atoms with Crippen molar-refractivity contribution in [3.8, 4) is 5.75 Å². The molecule has 0 aromatic heterocycles. The lowest BCUT2D eigenvalue weighted by Crippen LogP contribution is -2.62. The van der Waals surface area contributed by atoms with Gasteiger partial charge in [0, 0.05) is 25.9 Å². The zero-order chi connectivity index (χ0) is 92.5. The largest absolute Gasteiger partial charge is 0.508 e. The van der Waals surface area contributed by atoms with E-state index in [0.717, 1.165) is 27.7 Å². The minimum absolute atomic E-state index is 0.00449. The number of amides is 16. The maximum atomic E-state index is 14.4. The third kappa shape index (κ3) is 43.5. The fourth-order valence-electron chi connectivity index (χ4n) is 11.3. The van der Waals surface area contributed by atoms with Gasteiger partial charge in [0.05, 0.1) is 44.1 Å². The summed E-state index contributed by atoms with van der Waals surface area (Å²) in [4.78, 5) is 237. The average molecular weight is 1740 g/mol. The van der Waals surface area contributed by atoms with Gasteiger partial charge < -0.3 is 162 Å². The fourth-order valence-corrected chi connectivity index (χ4v) is 11.3. The van der Waals surface area contributed by atoms with E-state index < -0.39 is 236 Å². The van der Waals surface area contributed by atoms with Gasteiger partial charge >= 0.3 is 5.97 Å². The number of aliphatic hydroxyl groups is 4. The first-order valence-electron chi connectivity index (χ1n) is 39.8. The molecule has 122 heavy (non-hydrogen) atoms. The minimum Gasteiger partial charge on any atom is -0.508 e. The normalized spacial score (nSPS) is 15.2. The number of carbonyl (C=O) groups excluding carboxylic acids is 16. The summed E-state index contributed by atoms with van der Waals surface area (Å²) < 4.78 is 0. The zero-order valence-corrected chi connectivity index (χ0v) is 69.7. The quantitative estimate of drug-likeness (QED) is 0.0164. The second kappa shape index (κ2) is 58.2. The molecule has 1 aromatic rings. The van der Waals surface area contributed by atoms with Crippen LogP contribution in [0.5, 0.6) is 5.75 Å². The highest BCUT2D eigenvalue weighted by Gasteiger charge is 2.39. The van der Waals surface area contributed by atoms with Crippen LogP contribution in [0.4, 0.5) is 0 Å². The number of hydrogen-bond acceptors (Lipinski definition) is 28. The van der Waals surface area contributed by atoms with Gasteiger partial charge in [-0.15, -0.1) is 0 Å². The Morgan fingerprint density at radius 2 is 0.730 bits per heavy atom. The number of rotatable bonds is 61. The van der Waals surface area contributed by atoms with Crippen molar-refractivity contribution in [3.05, 3.63) is 29.8 Å². The maximum Gasteiger partial charge on any atom is 0.326 e. The molecular weight excluding hydrogens is 1610 g/mol. The van der Waals surface area contributed by atoms with Crippen LogP contribution in [0, 0.1) is 0 Å². The van der Waals surface area contributed by atoms with Crippen LogP contribution in [0.15, 0.2) is 34.3 Å². The molecule has 0 saturated heterocycles. The lowest BCUT2D eigenvalue weighted by atomic mass is 10.0. The van der Waals surface area contributed by atoms with Crippen LogP contribution in [-0.4, -0.2) is 305 Å². The summed E-state index contributed by atoms with van der Waals surface area (Å²) in [7, 11) is 1.64. The molecule has 0 aliphatic carbocycles. The Labute approximate surface area is 705 Å². The van der Waals surface area contributed by atoms with Crippen LogP contribution in [0.3, 0.4) is 0 Å². The molecule has 0 aliphatic rings. The number of guanidine groups is 2. The number of unbranched alkanes of at least 4 members (excludes halogenated alkanes) is 3. The van der Waals surface area contributed by atoms with E-state index in [1.165, 1.54) is 38.1 Å². The number of benzene rings is 1. The van der Waals surface area contributed by atoms with E-state index in [1.54, 1.807) is 7.05 Å². The topological polar surface area (TPSA) is 837 Å². The third-order valence-electron chi connectivity index (χ3n) is 18.2. The number of primary amides is 1. The number of nitrogens with zero attached hydrogens (tertiary/aromatic N) is 2. The molecule has 0 radical (unpaired) electrons. The number of aliphatic carboxylic acids is 1. The van der Waals surface area contributed by atoms with E-state index in [4.69, 9.17) is 45.9 Å². The molecule has 0 aliphatic heterocycles. The molecule has 0 spiro atoms. The first-order chi connectivity index (χ1) is 57.4. The Kier molecular flexibility index (Phi) is 51.7. The maximum absolute atomic E-state index is 14.4. The smallest absolute Gasteiger partial charge is 0.326 e. The number of phenolic OH excluding ortho intramolecular Hbond substituents is 1. The van der Waals surface area contributed by atoms with Crippen molar-refractivity contribution in [3.63, 3.8) is 0 Å². The molecule has 1 aromatic carbocycles. The van der Waals surface area contributed by atoms with Gasteiger partial charge in [-0.2, -0.15) is 0 Å². The number of nitrogens with one attached hydrogen (secondary N) is 16. The molecule has 38 N–H and O–H groups in total. The second-order valence-corrected chi connectivity index (χ2v) is 28.9. The monoisotopic (exact) mass is 1740 g/mol. The number of hydrogen-bond donors (Lipinski definition) is 30. The molecule has 0 saturated carbocycles. The molecule has 17 atom stereocenters.